The number of hydrogen-bond donors (Lipinski definition) is 3. The highest BCUT2D eigenvalue weighted by molar-refractivity contribution is 6.56. The molecule has 0 radical (unpaired) electrons. The van der Waals surface area contributed by atoms with Crippen LogP contribution in [-0.4, -0.2) is 40.3 Å². The van der Waals surface area contributed by atoms with Crippen LogP contribution in [-0.2, 0) is 0 Å². The van der Waals surface area contributed by atoms with E-state index in [9.17, 15) is 14.7 Å². The highest BCUT2D eigenvalue weighted by Crippen LogP contribution is 2.37. The fourth-order valence-corrected chi connectivity index (χ4v) is 3.17. The second-order valence-corrected chi connectivity index (χ2v) is 5.94. The normalized spacial score (nSPS) is 13.0. The maximum absolute atomic E-state index is 12.8. The SMILES string of the molecule is [NH3+]CCNC(=O)n1c(O)c(C2=Nc3ccccc3C2=O)c2ccccc21. The van der Waals surface area contributed by atoms with Crippen LogP contribution < -0.4 is 11.1 Å². The fourth-order valence-electron chi connectivity index (χ4n) is 3.17. The van der Waals surface area contributed by atoms with Crippen LogP contribution in [0.3, 0.4) is 0 Å². The molecule has 0 aliphatic carbocycles. The number of quaternary nitrogens is 1. The summed E-state index contributed by atoms with van der Waals surface area (Å²) in [6, 6.07) is 13.6. The van der Waals surface area contributed by atoms with Crippen LogP contribution in [0.1, 0.15) is 15.9 Å². The van der Waals surface area contributed by atoms with Crippen molar-refractivity contribution in [2.45, 2.75) is 0 Å². The molecule has 7 heteroatoms. The summed E-state index contributed by atoms with van der Waals surface area (Å²) in [6.07, 6.45) is 0. The number of aromatic nitrogens is 1. The van der Waals surface area contributed by atoms with Crippen LogP contribution in [0.15, 0.2) is 53.5 Å². The lowest BCUT2D eigenvalue weighted by Gasteiger charge is -2.06. The third kappa shape index (κ3) is 2.29. The van der Waals surface area contributed by atoms with E-state index >= 15 is 0 Å². The molecule has 1 amide bonds. The summed E-state index contributed by atoms with van der Waals surface area (Å²) in [5.41, 5.74) is 5.65. The molecule has 0 unspecified atom stereocenters. The highest BCUT2D eigenvalue weighted by Gasteiger charge is 2.32. The number of carbonyl (C=O) groups excluding carboxylic acids is 2. The van der Waals surface area contributed by atoms with Crippen LogP contribution in [0.2, 0.25) is 0 Å². The molecule has 5 N–H and O–H groups in total. The van der Waals surface area contributed by atoms with Crippen molar-refractivity contribution >= 4 is 34.1 Å². The van der Waals surface area contributed by atoms with Crippen LogP contribution in [0.5, 0.6) is 5.88 Å². The summed E-state index contributed by atoms with van der Waals surface area (Å²) >= 11 is 0. The van der Waals surface area contributed by atoms with Gasteiger partial charge >= 0.3 is 6.03 Å². The molecule has 4 rings (SSSR count). The smallest absolute Gasteiger partial charge is 0.329 e. The summed E-state index contributed by atoms with van der Waals surface area (Å²) in [5.74, 6) is -0.565. The van der Waals surface area contributed by atoms with Gasteiger partial charge < -0.3 is 16.2 Å². The molecule has 1 aliphatic heterocycles. The standard InChI is InChI=1S/C19H16N4O3/c20-9-10-21-19(26)23-14-8-4-2-6-12(14)15(18(23)25)16-17(24)11-5-1-3-7-13(11)22-16/h1-8,25H,9-10,20H2,(H,21,26)/p+1. The number of nitrogens with zero attached hydrogens (tertiary/aromatic N) is 2. The van der Waals surface area contributed by atoms with Crippen LogP contribution in [0, 0.1) is 0 Å². The Morgan fingerprint density at radius 1 is 1.15 bits per heavy atom. The topological polar surface area (TPSA) is 111 Å². The largest absolute Gasteiger partial charge is 0.494 e. The van der Waals surface area contributed by atoms with E-state index in [0.29, 0.717) is 35.2 Å². The number of rotatable bonds is 3. The number of Topliss-reactive ketones (excluding diaryl/α,β-unsaturated/α-hetero) is 1. The third-order valence-corrected chi connectivity index (χ3v) is 4.34. The Balaban J connectivity index is 1.91. The number of nitrogens with one attached hydrogen (secondary N) is 1. The van der Waals surface area contributed by atoms with E-state index in [1.54, 1.807) is 48.5 Å². The number of para-hydroxylation sites is 2. The predicted octanol–water partition coefficient (Wildman–Crippen LogP) is 1.46. The number of ketones is 1. The molecule has 0 fully saturated rings. The number of aliphatic imine (C=N–C) groups is 1. The van der Waals surface area contributed by atoms with Gasteiger partial charge in [0.15, 0.2) is 0 Å². The zero-order chi connectivity index (χ0) is 18.3. The van der Waals surface area contributed by atoms with Crippen molar-refractivity contribution < 1.29 is 20.4 Å². The summed E-state index contributed by atoms with van der Waals surface area (Å²) in [7, 11) is 0. The van der Waals surface area contributed by atoms with Crippen LogP contribution in [0.25, 0.3) is 10.9 Å². The van der Waals surface area contributed by atoms with Gasteiger partial charge in [0.25, 0.3) is 0 Å². The molecule has 3 aromatic rings. The van der Waals surface area contributed by atoms with Gasteiger partial charge in [-0.2, -0.15) is 0 Å². The minimum Gasteiger partial charge on any atom is -0.494 e. The zero-order valence-electron chi connectivity index (χ0n) is 13.9. The summed E-state index contributed by atoms with van der Waals surface area (Å²) in [4.78, 5) is 29.7. The second-order valence-electron chi connectivity index (χ2n) is 5.94. The van der Waals surface area contributed by atoms with Gasteiger partial charge in [0.2, 0.25) is 11.7 Å². The first-order valence-electron chi connectivity index (χ1n) is 8.26. The van der Waals surface area contributed by atoms with E-state index < -0.39 is 6.03 Å². The van der Waals surface area contributed by atoms with Crippen molar-refractivity contribution in [2.75, 3.05) is 13.1 Å². The lowest BCUT2D eigenvalue weighted by molar-refractivity contribution is -0.364. The van der Waals surface area contributed by atoms with Crippen molar-refractivity contribution in [1.29, 1.82) is 0 Å². The fraction of sp³-hybridized carbons (Fsp3) is 0.105. The van der Waals surface area contributed by atoms with Crippen molar-refractivity contribution in [2.24, 2.45) is 4.99 Å². The lowest BCUT2D eigenvalue weighted by Crippen LogP contribution is -2.55. The van der Waals surface area contributed by atoms with Gasteiger partial charge in [0.05, 0.1) is 29.9 Å². The molecule has 0 spiro atoms. The molecule has 0 saturated heterocycles. The number of fused-ring (bicyclic) bond motifs is 2. The Labute approximate surface area is 148 Å². The Morgan fingerprint density at radius 2 is 1.88 bits per heavy atom. The molecule has 2 aromatic carbocycles. The molecule has 26 heavy (non-hydrogen) atoms. The van der Waals surface area contributed by atoms with E-state index in [-0.39, 0.29) is 22.9 Å². The maximum Gasteiger partial charge on any atom is 0.329 e. The van der Waals surface area contributed by atoms with Gasteiger partial charge in [-0.3, -0.25) is 4.79 Å². The zero-order valence-corrected chi connectivity index (χ0v) is 13.9. The quantitative estimate of drug-likeness (QED) is 0.665. The second kappa shape index (κ2) is 6.12. The molecule has 1 aliphatic rings. The molecule has 1 aromatic heterocycles. The van der Waals surface area contributed by atoms with Crippen molar-refractivity contribution in [1.82, 2.24) is 9.88 Å². The predicted molar refractivity (Wildman–Crippen MR) is 97.1 cm³/mol. The van der Waals surface area contributed by atoms with Crippen molar-refractivity contribution in [3.05, 3.63) is 59.7 Å². The molecule has 0 atom stereocenters. The third-order valence-electron chi connectivity index (χ3n) is 4.34. The number of carbonyl (C=O) groups is 2. The number of benzene rings is 2. The van der Waals surface area contributed by atoms with Crippen molar-refractivity contribution in [3.8, 4) is 5.88 Å². The first-order chi connectivity index (χ1) is 12.6. The Morgan fingerprint density at radius 3 is 2.65 bits per heavy atom. The molecule has 7 nitrogen and oxygen atoms in total. The molecule has 0 bridgehead atoms. The molecular weight excluding hydrogens is 332 g/mol. The lowest BCUT2D eigenvalue weighted by atomic mass is 10.0. The van der Waals surface area contributed by atoms with Gasteiger partial charge in [-0.25, -0.2) is 14.4 Å². The molecule has 130 valence electrons. The van der Waals surface area contributed by atoms with Crippen molar-refractivity contribution in [3.63, 3.8) is 0 Å². The summed E-state index contributed by atoms with van der Waals surface area (Å²) < 4.78 is 1.17. The van der Waals surface area contributed by atoms with Gasteiger partial charge in [-0.05, 0) is 18.2 Å². The average Bonchev–Trinajstić information content (AvgIpc) is 3.13. The van der Waals surface area contributed by atoms with E-state index in [0.717, 1.165) is 0 Å². The number of hydrogen-bond acceptors (Lipinski definition) is 4. The van der Waals surface area contributed by atoms with E-state index in [4.69, 9.17) is 0 Å². The summed E-state index contributed by atoms with van der Waals surface area (Å²) in [6.45, 7) is 0.907. The van der Waals surface area contributed by atoms with Gasteiger partial charge in [-0.1, -0.05) is 30.3 Å². The first-order valence-corrected chi connectivity index (χ1v) is 8.26. The maximum atomic E-state index is 12.8. The monoisotopic (exact) mass is 349 g/mol. The Hall–Kier alpha value is -3.45. The minimum atomic E-state index is -0.475. The van der Waals surface area contributed by atoms with Crippen LogP contribution >= 0.6 is 0 Å². The minimum absolute atomic E-state index is 0.142. The first kappa shape index (κ1) is 16.0. The van der Waals surface area contributed by atoms with Gasteiger partial charge in [0.1, 0.15) is 5.71 Å². The van der Waals surface area contributed by atoms with Gasteiger partial charge in [-0.15, -0.1) is 0 Å². The Bertz CT molecular complexity index is 1080. The molecule has 0 saturated carbocycles. The molecular formula is C19H17N4O3+. The van der Waals surface area contributed by atoms with E-state index in [1.807, 2.05) is 0 Å². The highest BCUT2D eigenvalue weighted by atomic mass is 16.3. The summed E-state index contributed by atoms with van der Waals surface area (Å²) in [5, 5.41) is 14.1. The number of aromatic hydroxyl groups is 1. The Kier molecular flexibility index (Phi) is 3.78. The van der Waals surface area contributed by atoms with Crippen LogP contribution in [0.4, 0.5) is 10.5 Å². The van der Waals surface area contributed by atoms with E-state index in [1.165, 1.54) is 4.57 Å². The van der Waals surface area contributed by atoms with E-state index in [2.05, 4.69) is 16.0 Å². The van der Waals surface area contributed by atoms with Gasteiger partial charge in [0, 0.05) is 10.9 Å². The molecule has 2 heterocycles. The number of amides is 1. The average molecular weight is 349 g/mol.